The van der Waals surface area contributed by atoms with Crippen molar-refractivity contribution < 1.29 is 14.3 Å². The molecule has 0 atom stereocenters. The molecule has 0 unspecified atom stereocenters. The Morgan fingerprint density at radius 3 is 2.65 bits per heavy atom. The largest absolute Gasteiger partial charge is 0.486 e. The summed E-state index contributed by atoms with van der Waals surface area (Å²) in [6, 6.07) is 12.5. The Labute approximate surface area is 154 Å². The van der Waals surface area contributed by atoms with Crippen LogP contribution in [-0.2, 0) is 24.2 Å². The van der Waals surface area contributed by atoms with Gasteiger partial charge in [-0.25, -0.2) is 0 Å². The first-order chi connectivity index (χ1) is 12.6. The maximum Gasteiger partial charge on any atom is 0.227 e. The molecule has 2 heterocycles. The van der Waals surface area contributed by atoms with Gasteiger partial charge in [0.2, 0.25) is 5.91 Å². The molecular formula is C22H25NO3. The van der Waals surface area contributed by atoms with Crippen LogP contribution in [0.1, 0.15) is 42.0 Å². The molecule has 0 aliphatic carbocycles. The molecule has 26 heavy (non-hydrogen) atoms. The number of benzene rings is 2. The van der Waals surface area contributed by atoms with Gasteiger partial charge in [-0.1, -0.05) is 38.1 Å². The molecule has 0 saturated heterocycles. The smallest absolute Gasteiger partial charge is 0.227 e. The summed E-state index contributed by atoms with van der Waals surface area (Å²) in [6.45, 7) is 7.05. The van der Waals surface area contributed by atoms with Crippen molar-refractivity contribution in [2.75, 3.05) is 19.8 Å². The van der Waals surface area contributed by atoms with Crippen molar-refractivity contribution in [2.45, 2.75) is 39.2 Å². The van der Waals surface area contributed by atoms with Crippen LogP contribution >= 0.6 is 0 Å². The van der Waals surface area contributed by atoms with E-state index in [1.54, 1.807) is 0 Å². The van der Waals surface area contributed by atoms with Crippen LogP contribution < -0.4 is 9.47 Å². The SMILES string of the molecule is CC(C)c1ccc2c(c1)CN(C(=O)Cc1ccc3c(c1)OCCO3)CC2. The zero-order valence-electron chi connectivity index (χ0n) is 15.5. The van der Waals surface area contributed by atoms with Crippen LogP contribution in [-0.4, -0.2) is 30.6 Å². The van der Waals surface area contributed by atoms with Crippen LogP contribution in [0.5, 0.6) is 11.5 Å². The lowest BCUT2D eigenvalue weighted by atomic mass is 9.93. The Kier molecular flexibility index (Phi) is 4.58. The van der Waals surface area contributed by atoms with Gasteiger partial charge in [0, 0.05) is 13.1 Å². The van der Waals surface area contributed by atoms with E-state index in [-0.39, 0.29) is 5.91 Å². The fourth-order valence-corrected chi connectivity index (χ4v) is 3.63. The van der Waals surface area contributed by atoms with E-state index in [0.717, 1.165) is 30.0 Å². The van der Waals surface area contributed by atoms with E-state index in [2.05, 4.69) is 32.0 Å². The van der Waals surface area contributed by atoms with Crippen molar-refractivity contribution in [3.63, 3.8) is 0 Å². The second kappa shape index (κ2) is 7.02. The van der Waals surface area contributed by atoms with Crippen LogP contribution in [0, 0.1) is 0 Å². The Morgan fingerprint density at radius 1 is 1.04 bits per heavy atom. The standard InChI is InChI=1S/C22H25NO3/c1-15(2)18-5-4-17-7-8-23(14-19(17)13-18)22(24)12-16-3-6-20-21(11-16)26-10-9-25-20/h3-6,11,13,15H,7-10,12,14H2,1-2H3. The predicted molar refractivity (Wildman–Crippen MR) is 101 cm³/mol. The minimum absolute atomic E-state index is 0.169. The molecule has 1 amide bonds. The molecule has 0 aromatic heterocycles. The summed E-state index contributed by atoms with van der Waals surface area (Å²) in [6.07, 6.45) is 1.33. The van der Waals surface area contributed by atoms with Crippen LogP contribution in [0.15, 0.2) is 36.4 Å². The Balaban J connectivity index is 1.47. The van der Waals surface area contributed by atoms with E-state index >= 15 is 0 Å². The number of fused-ring (bicyclic) bond motifs is 2. The summed E-state index contributed by atoms with van der Waals surface area (Å²) in [5, 5.41) is 0. The Hall–Kier alpha value is -2.49. The molecule has 0 saturated carbocycles. The van der Waals surface area contributed by atoms with Gasteiger partial charge in [-0.2, -0.15) is 0 Å². The molecule has 4 nitrogen and oxygen atoms in total. The van der Waals surface area contributed by atoms with Crippen LogP contribution in [0.3, 0.4) is 0 Å². The number of hydrogen-bond acceptors (Lipinski definition) is 3. The molecule has 4 rings (SSSR count). The average molecular weight is 351 g/mol. The van der Waals surface area contributed by atoms with Gasteiger partial charge in [0.1, 0.15) is 13.2 Å². The third kappa shape index (κ3) is 3.41. The lowest BCUT2D eigenvalue weighted by molar-refractivity contribution is -0.131. The van der Waals surface area contributed by atoms with Gasteiger partial charge in [0.05, 0.1) is 6.42 Å². The van der Waals surface area contributed by atoms with Crippen molar-refractivity contribution in [1.82, 2.24) is 4.90 Å². The quantitative estimate of drug-likeness (QED) is 0.846. The molecule has 2 aromatic carbocycles. The first kappa shape index (κ1) is 17.0. The highest BCUT2D eigenvalue weighted by molar-refractivity contribution is 5.79. The fourth-order valence-electron chi connectivity index (χ4n) is 3.63. The molecule has 0 radical (unpaired) electrons. The number of carbonyl (C=O) groups is 1. The molecular weight excluding hydrogens is 326 g/mol. The molecule has 0 N–H and O–H groups in total. The second-order valence-corrected chi connectivity index (χ2v) is 7.40. The summed E-state index contributed by atoms with van der Waals surface area (Å²) in [4.78, 5) is 14.8. The van der Waals surface area contributed by atoms with E-state index in [4.69, 9.17) is 9.47 Å². The molecule has 0 fully saturated rings. The highest BCUT2D eigenvalue weighted by Gasteiger charge is 2.22. The third-order valence-corrected chi connectivity index (χ3v) is 5.22. The van der Waals surface area contributed by atoms with Crippen molar-refractivity contribution in [2.24, 2.45) is 0 Å². The molecule has 136 valence electrons. The van der Waals surface area contributed by atoms with E-state index in [9.17, 15) is 4.79 Å². The van der Waals surface area contributed by atoms with Gasteiger partial charge in [0.25, 0.3) is 0 Å². The Morgan fingerprint density at radius 2 is 1.85 bits per heavy atom. The van der Waals surface area contributed by atoms with Gasteiger partial charge in [-0.15, -0.1) is 0 Å². The molecule has 0 bridgehead atoms. The van der Waals surface area contributed by atoms with Gasteiger partial charge in [-0.05, 0) is 46.7 Å². The fraction of sp³-hybridized carbons (Fsp3) is 0.409. The summed E-state index contributed by atoms with van der Waals surface area (Å²) < 4.78 is 11.2. The predicted octanol–water partition coefficient (Wildman–Crippen LogP) is 3.71. The minimum Gasteiger partial charge on any atom is -0.486 e. The molecule has 2 aromatic rings. The number of rotatable bonds is 3. The summed E-state index contributed by atoms with van der Waals surface area (Å²) in [5.41, 5.74) is 4.97. The van der Waals surface area contributed by atoms with E-state index < -0.39 is 0 Å². The summed E-state index contributed by atoms with van der Waals surface area (Å²) in [5.74, 6) is 2.18. The normalized spacial score (nSPS) is 15.7. The average Bonchev–Trinajstić information content (AvgIpc) is 2.67. The van der Waals surface area contributed by atoms with Crippen LogP contribution in [0.2, 0.25) is 0 Å². The first-order valence-corrected chi connectivity index (χ1v) is 9.38. The van der Waals surface area contributed by atoms with Crippen LogP contribution in [0.4, 0.5) is 0 Å². The highest BCUT2D eigenvalue weighted by atomic mass is 16.6. The highest BCUT2D eigenvalue weighted by Crippen LogP contribution is 2.31. The molecule has 2 aliphatic heterocycles. The second-order valence-electron chi connectivity index (χ2n) is 7.40. The lowest BCUT2D eigenvalue weighted by Gasteiger charge is -2.30. The number of amides is 1. The van der Waals surface area contributed by atoms with Crippen molar-refractivity contribution in [1.29, 1.82) is 0 Å². The van der Waals surface area contributed by atoms with E-state index in [1.165, 1.54) is 16.7 Å². The van der Waals surface area contributed by atoms with E-state index in [1.807, 2.05) is 23.1 Å². The topological polar surface area (TPSA) is 38.8 Å². The van der Waals surface area contributed by atoms with Gasteiger partial charge in [0.15, 0.2) is 11.5 Å². The number of ether oxygens (including phenoxy) is 2. The number of hydrogen-bond donors (Lipinski definition) is 0. The number of nitrogens with zero attached hydrogens (tertiary/aromatic N) is 1. The first-order valence-electron chi connectivity index (χ1n) is 9.38. The van der Waals surface area contributed by atoms with Crippen molar-refractivity contribution in [3.05, 3.63) is 58.7 Å². The number of carbonyl (C=O) groups excluding carboxylic acids is 1. The minimum atomic E-state index is 0.169. The molecule has 2 aliphatic rings. The lowest BCUT2D eigenvalue weighted by Crippen LogP contribution is -2.37. The summed E-state index contributed by atoms with van der Waals surface area (Å²) in [7, 11) is 0. The third-order valence-electron chi connectivity index (χ3n) is 5.22. The Bertz CT molecular complexity index is 828. The summed E-state index contributed by atoms with van der Waals surface area (Å²) >= 11 is 0. The maximum absolute atomic E-state index is 12.8. The van der Waals surface area contributed by atoms with Gasteiger partial charge < -0.3 is 14.4 Å². The zero-order valence-corrected chi connectivity index (χ0v) is 15.5. The van der Waals surface area contributed by atoms with Crippen molar-refractivity contribution in [3.8, 4) is 11.5 Å². The van der Waals surface area contributed by atoms with Gasteiger partial charge in [-0.3, -0.25) is 4.79 Å². The van der Waals surface area contributed by atoms with Crippen LogP contribution in [0.25, 0.3) is 0 Å². The van der Waals surface area contributed by atoms with E-state index in [0.29, 0.717) is 32.1 Å². The molecule has 4 heteroatoms. The zero-order chi connectivity index (χ0) is 18.1. The monoisotopic (exact) mass is 351 g/mol. The van der Waals surface area contributed by atoms with Gasteiger partial charge >= 0.3 is 0 Å². The molecule has 0 spiro atoms. The van der Waals surface area contributed by atoms with Crippen molar-refractivity contribution >= 4 is 5.91 Å². The maximum atomic E-state index is 12.8.